The summed E-state index contributed by atoms with van der Waals surface area (Å²) in [5.74, 6) is 0.0123. The zero-order chi connectivity index (χ0) is 24.5. The first kappa shape index (κ1) is 23.3. The Morgan fingerprint density at radius 2 is 1.80 bits per heavy atom. The van der Waals surface area contributed by atoms with E-state index in [0.717, 1.165) is 71.9 Å². The van der Waals surface area contributed by atoms with Gasteiger partial charge in [-0.2, -0.15) is 5.10 Å². The number of fused-ring (bicyclic) bond motifs is 3. The van der Waals surface area contributed by atoms with Gasteiger partial charge in [-0.05, 0) is 75.2 Å². The lowest BCUT2D eigenvalue weighted by Gasteiger charge is -2.36. The molecule has 0 atom stereocenters. The van der Waals surface area contributed by atoms with Gasteiger partial charge in [0.1, 0.15) is 0 Å². The number of aromatic nitrogens is 3. The van der Waals surface area contributed by atoms with E-state index < -0.39 is 0 Å². The Labute approximate surface area is 206 Å². The van der Waals surface area contributed by atoms with Gasteiger partial charge in [0.25, 0.3) is 0 Å². The monoisotopic (exact) mass is 470 g/mol. The van der Waals surface area contributed by atoms with Gasteiger partial charge in [0.05, 0.1) is 5.52 Å². The van der Waals surface area contributed by atoms with Gasteiger partial charge >= 0.3 is 0 Å². The number of hydrogen-bond donors (Lipinski definition) is 1. The highest BCUT2D eigenvalue weighted by Crippen LogP contribution is 2.26. The summed E-state index contributed by atoms with van der Waals surface area (Å²) in [5, 5.41) is 8.86. The van der Waals surface area contributed by atoms with E-state index in [1.54, 1.807) is 0 Å². The minimum absolute atomic E-state index is 0.0123. The number of rotatable bonds is 6. The van der Waals surface area contributed by atoms with Crippen molar-refractivity contribution in [3.63, 3.8) is 0 Å². The van der Waals surface area contributed by atoms with Gasteiger partial charge in [-0.3, -0.25) is 4.79 Å². The van der Waals surface area contributed by atoms with E-state index in [4.69, 9.17) is 10.1 Å². The molecule has 182 valence electrons. The number of carbonyl (C=O) groups is 1. The first-order valence-electron chi connectivity index (χ1n) is 12.6. The third-order valence-corrected chi connectivity index (χ3v) is 7.26. The molecule has 2 aromatic heterocycles. The van der Waals surface area contributed by atoms with Gasteiger partial charge in [0, 0.05) is 60.7 Å². The Kier molecular flexibility index (Phi) is 6.43. The van der Waals surface area contributed by atoms with Crippen LogP contribution in [0.3, 0.4) is 0 Å². The van der Waals surface area contributed by atoms with Crippen LogP contribution in [-0.2, 0) is 11.2 Å². The topological polar surface area (TPSA) is 65.8 Å². The van der Waals surface area contributed by atoms with Crippen LogP contribution in [0.25, 0.3) is 16.6 Å². The van der Waals surface area contributed by atoms with E-state index in [1.165, 1.54) is 11.3 Å². The summed E-state index contributed by atoms with van der Waals surface area (Å²) in [6, 6.07) is 14.3. The summed E-state index contributed by atoms with van der Waals surface area (Å²) in [4.78, 5) is 22.6. The third-order valence-electron chi connectivity index (χ3n) is 7.26. The number of anilines is 2. The fraction of sp³-hybridized carbons (Fsp3) is 0.393. The molecule has 1 fully saturated rings. The van der Waals surface area contributed by atoms with Crippen molar-refractivity contribution in [3.05, 3.63) is 65.0 Å². The first-order chi connectivity index (χ1) is 16.9. The second kappa shape index (κ2) is 9.66. The quantitative estimate of drug-likeness (QED) is 0.449. The molecule has 2 aromatic carbocycles. The molecule has 35 heavy (non-hydrogen) atoms. The highest BCUT2D eigenvalue weighted by Gasteiger charge is 2.18. The number of likely N-dealkylation sites (N-methyl/N-ethyl adjacent to an activating group) is 1. The minimum Gasteiger partial charge on any atom is -0.369 e. The van der Waals surface area contributed by atoms with E-state index in [0.29, 0.717) is 12.8 Å². The maximum atomic E-state index is 12.8. The average Bonchev–Trinajstić information content (AvgIpc) is 3.23. The maximum absolute atomic E-state index is 12.8. The molecule has 1 aliphatic rings. The van der Waals surface area contributed by atoms with Crippen molar-refractivity contribution in [2.75, 3.05) is 42.9 Å². The number of hydrogen-bond acceptors (Lipinski definition) is 5. The Hall–Kier alpha value is -3.45. The van der Waals surface area contributed by atoms with Crippen LogP contribution in [0.2, 0.25) is 0 Å². The van der Waals surface area contributed by atoms with Crippen LogP contribution in [0.1, 0.15) is 35.9 Å². The molecular formula is C28H34N6O. The fourth-order valence-electron chi connectivity index (χ4n) is 5.19. The van der Waals surface area contributed by atoms with Crippen molar-refractivity contribution in [2.24, 2.45) is 0 Å². The standard InChI is InChI=1S/C28H34N6O/c1-5-32-14-16-33(17-15-32)26-12-10-22(18-19(26)2)30-27(35)13-11-23-20(3)29-28-24-8-6-7-9-25(24)31-34(28)21(23)4/h6-10,12,18H,5,11,13-17H2,1-4H3,(H,30,35). The average molecular weight is 471 g/mol. The van der Waals surface area contributed by atoms with E-state index in [-0.39, 0.29) is 5.91 Å². The summed E-state index contributed by atoms with van der Waals surface area (Å²) >= 11 is 0. The molecule has 0 bridgehead atoms. The number of nitrogens with one attached hydrogen (secondary N) is 1. The number of benzene rings is 2. The number of carbonyl (C=O) groups excluding carboxylic acids is 1. The summed E-state index contributed by atoms with van der Waals surface area (Å²) in [5.41, 5.74) is 8.19. The lowest BCUT2D eigenvalue weighted by molar-refractivity contribution is -0.116. The second-order valence-electron chi connectivity index (χ2n) is 9.48. The summed E-state index contributed by atoms with van der Waals surface area (Å²) < 4.78 is 1.91. The number of aryl methyl sites for hydroxylation is 3. The van der Waals surface area contributed by atoms with Crippen LogP contribution in [-0.4, -0.2) is 58.1 Å². The minimum atomic E-state index is 0.0123. The van der Waals surface area contributed by atoms with E-state index in [2.05, 4.69) is 54.1 Å². The predicted octanol–water partition coefficient (Wildman–Crippen LogP) is 4.52. The molecule has 7 heteroatoms. The van der Waals surface area contributed by atoms with Gasteiger partial charge < -0.3 is 15.1 Å². The lowest BCUT2D eigenvalue weighted by atomic mass is 10.1. The van der Waals surface area contributed by atoms with Crippen molar-refractivity contribution in [2.45, 2.75) is 40.5 Å². The van der Waals surface area contributed by atoms with Crippen LogP contribution in [0, 0.1) is 20.8 Å². The molecule has 1 N–H and O–H groups in total. The van der Waals surface area contributed by atoms with Gasteiger partial charge in [-0.15, -0.1) is 0 Å². The normalized spacial score (nSPS) is 14.7. The Morgan fingerprint density at radius 3 is 2.54 bits per heavy atom. The molecule has 1 saturated heterocycles. The SMILES string of the molecule is CCN1CCN(c2ccc(NC(=O)CCc3c(C)nc4c5ccccc5nn4c3C)cc2C)CC1. The molecule has 4 aromatic rings. The number of amides is 1. The van der Waals surface area contributed by atoms with Crippen LogP contribution < -0.4 is 10.2 Å². The largest absolute Gasteiger partial charge is 0.369 e. The lowest BCUT2D eigenvalue weighted by Crippen LogP contribution is -2.46. The molecule has 0 aliphatic carbocycles. The van der Waals surface area contributed by atoms with Gasteiger partial charge in [0.15, 0.2) is 5.65 Å². The summed E-state index contributed by atoms with van der Waals surface area (Å²) in [6.07, 6.45) is 1.02. The van der Waals surface area contributed by atoms with Gasteiger partial charge in [0.2, 0.25) is 5.91 Å². The van der Waals surface area contributed by atoms with Crippen molar-refractivity contribution >= 4 is 33.8 Å². The smallest absolute Gasteiger partial charge is 0.224 e. The number of piperazine rings is 1. The second-order valence-corrected chi connectivity index (χ2v) is 9.48. The molecule has 0 saturated carbocycles. The van der Waals surface area contributed by atoms with Crippen molar-refractivity contribution in [1.29, 1.82) is 0 Å². The van der Waals surface area contributed by atoms with Crippen LogP contribution in [0.15, 0.2) is 42.5 Å². The highest BCUT2D eigenvalue weighted by molar-refractivity contribution is 5.92. The Balaban J connectivity index is 1.25. The van der Waals surface area contributed by atoms with E-state index in [1.807, 2.05) is 35.7 Å². The molecule has 7 nitrogen and oxygen atoms in total. The molecule has 1 aliphatic heterocycles. The molecular weight excluding hydrogens is 436 g/mol. The highest BCUT2D eigenvalue weighted by atomic mass is 16.1. The molecule has 1 amide bonds. The van der Waals surface area contributed by atoms with Gasteiger partial charge in [-0.25, -0.2) is 9.50 Å². The molecule has 0 unspecified atom stereocenters. The van der Waals surface area contributed by atoms with Crippen molar-refractivity contribution in [1.82, 2.24) is 19.5 Å². The summed E-state index contributed by atoms with van der Waals surface area (Å²) in [7, 11) is 0. The molecule has 5 rings (SSSR count). The fourth-order valence-corrected chi connectivity index (χ4v) is 5.19. The van der Waals surface area contributed by atoms with E-state index >= 15 is 0 Å². The van der Waals surface area contributed by atoms with Gasteiger partial charge in [-0.1, -0.05) is 19.1 Å². The zero-order valence-corrected chi connectivity index (χ0v) is 21.1. The molecule has 3 heterocycles. The van der Waals surface area contributed by atoms with Crippen LogP contribution in [0.5, 0.6) is 0 Å². The van der Waals surface area contributed by atoms with Crippen LogP contribution in [0.4, 0.5) is 11.4 Å². The number of nitrogens with zero attached hydrogens (tertiary/aromatic N) is 5. The summed E-state index contributed by atoms with van der Waals surface area (Å²) in [6.45, 7) is 13.8. The maximum Gasteiger partial charge on any atom is 0.224 e. The zero-order valence-electron chi connectivity index (χ0n) is 21.1. The predicted molar refractivity (Wildman–Crippen MR) is 142 cm³/mol. The van der Waals surface area contributed by atoms with E-state index in [9.17, 15) is 4.79 Å². The third kappa shape index (κ3) is 4.60. The van der Waals surface area contributed by atoms with Crippen molar-refractivity contribution < 1.29 is 4.79 Å². The van der Waals surface area contributed by atoms with Crippen LogP contribution >= 0.6 is 0 Å². The first-order valence-corrected chi connectivity index (χ1v) is 12.6. The molecule has 0 radical (unpaired) electrons. The Bertz CT molecular complexity index is 1380. The molecule has 0 spiro atoms. The van der Waals surface area contributed by atoms with Crippen molar-refractivity contribution in [3.8, 4) is 0 Å². The Morgan fingerprint density at radius 1 is 1.03 bits per heavy atom.